The van der Waals surface area contributed by atoms with Crippen molar-refractivity contribution in [2.24, 2.45) is 0 Å². The van der Waals surface area contributed by atoms with Crippen LogP contribution in [-0.2, 0) is 17.8 Å². The number of hydrogen-bond donors (Lipinski definition) is 0. The van der Waals surface area contributed by atoms with Gasteiger partial charge in [-0.25, -0.2) is 0 Å². The average molecular weight is 394 g/mol. The summed E-state index contributed by atoms with van der Waals surface area (Å²) in [6, 6.07) is 11.1. The van der Waals surface area contributed by atoms with Gasteiger partial charge in [-0.05, 0) is 48.7 Å². The lowest BCUT2D eigenvalue weighted by molar-refractivity contribution is -0.131. The summed E-state index contributed by atoms with van der Waals surface area (Å²) in [5, 5.41) is 1.03. The quantitative estimate of drug-likeness (QED) is 0.681. The van der Waals surface area contributed by atoms with E-state index in [2.05, 4.69) is 0 Å². The number of rotatable bonds is 7. The molecule has 0 N–H and O–H groups in total. The van der Waals surface area contributed by atoms with Crippen molar-refractivity contribution in [1.29, 1.82) is 0 Å². The van der Waals surface area contributed by atoms with Crippen LogP contribution in [0.5, 0.6) is 11.5 Å². The van der Waals surface area contributed by atoms with Gasteiger partial charge in [0.2, 0.25) is 5.91 Å². The second-order valence-electron chi connectivity index (χ2n) is 6.31. The highest BCUT2D eigenvalue weighted by Crippen LogP contribution is 2.33. The molecule has 1 aliphatic carbocycles. The van der Waals surface area contributed by atoms with E-state index in [0.29, 0.717) is 22.2 Å². The molecule has 1 saturated carbocycles. The molecule has 0 spiro atoms. The van der Waals surface area contributed by atoms with Crippen molar-refractivity contribution in [2.45, 2.75) is 31.8 Å². The molecule has 1 aliphatic rings. The molecule has 0 aliphatic heterocycles. The van der Waals surface area contributed by atoms with Crippen LogP contribution in [0.4, 0.5) is 0 Å². The summed E-state index contributed by atoms with van der Waals surface area (Å²) in [5.41, 5.74) is 1.58. The molecule has 1 amide bonds. The van der Waals surface area contributed by atoms with Gasteiger partial charge in [-0.1, -0.05) is 29.3 Å². The highest BCUT2D eigenvalue weighted by Gasteiger charge is 2.33. The number of carbonyl (C=O) groups excluding carboxylic acids is 1. The van der Waals surface area contributed by atoms with Crippen molar-refractivity contribution in [3.63, 3.8) is 0 Å². The summed E-state index contributed by atoms with van der Waals surface area (Å²) in [4.78, 5) is 14.9. The number of hydrogen-bond acceptors (Lipinski definition) is 3. The Morgan fingerprint density at radius 1 is 1.12 bits per heavy atom. The second kappa shape index (κ2) is 8.19. The summed E-state index contributed by atoms with van der Waals surface area (Å²) in [7, 11) is 3.24. The first-order chi connectivity index (χ1) is 12.5. The van der Waals surface area contributed by atoms with E-state index in [1.807, 2.05) is 23.1 Å². The number of amides is 1. The summed E-state index contributed by atoms with van der Waals surface area (Å²) in [6.07, 6.45) is 2.20. The molecule has 4 nitrogen and oxygen atoms in total. The monoisotopic (exact) mass is 393 g/mol. The van der Waals surface area contributed by atoms with E-state index >= 15 is 0 Å². The van der Waals surface area contributed by atoms with Crippen molar-refractivity contribution in [1.82, 2.24) is 4.90 Å². The molecule has 1 fully saturated rings. The summed E-state index contributed by atoms with van der Waals surface area (Å²) >= 11 is 12.5. The van der Waals surface area contributed by atoms with Crippen LogP contribution in [0.25, 0.3) is 0 Å². The second-order valence-corrected chi connectivity index (χ2v) is 7.12. The predicted molar refractivity (Wildman–Crippen MR) is 103 cm³/mol. The fourth-order valence-electron chi connectivity index (χ4n) is 2.95. The molecular weight excluding hydrogens is 373 g/mol. The Labute approximate surface area is 163 Å². The minimum atomic E-state index is 0.00683. The van der Waals surface area contributed by atoms with Gasteiger partial charge < -0.3 is 14.4 Å². The number of carbonyl (C=O) groups is 1. The number of ether oxygens (including phenoxy) is 2. The third-order valence-corrected chi connectivity index (χ3v) is 5.23. The molecule has 138 valence electrons. The molecule has 0 bridgehead atoms. The average Bonchev–Trinajstić information content (AvgIpc) is 3.47. The molecule has 2 aromatic carbocycles. The van der Waals surface area contributed by atoms with Gasteiger partial charge in [0.15, 0.2) is 0 Å². The Hall–Kier alpha value is -1.91. The van der Waals surface area contributed by atoms with Crippen molar-refractivity contribution in [3.8, 4) is 11.5 Å². The summed E-state index contributed by atoms with van der Waals surface area (Å²) in [5.74, 6) is 1.48. The zero-order chi connectivity index (χ0) is 18.7. The standard InChI is InChI=1S/C20H21Cl2NO3/c1-25-15-8-9-19(26-2)13(10-15)12-23(14-6-7-14)20(24)11-16-17(21)4-3-5-18(16)22/h3-5,8-10,14H,6-7,11-12H2,1-2H3. The normalized spacial score (nSPS) is 13.4. The van der Waals surface area contributed by atoms with Gasteiger partial charge in [-0.15, -0.1) is 0 Å². The molecule has 0 radical (unpaired) electrons. The lowest BCUT2D eigenvalue weighted by Crippen LogP contribution is -2.34. The topological polar surface area (TPSA) is 38.8 Å². The van der Waals surface area contributed by atoms with Crippen LogP contribution in [0, 0.1) is 0 Å². The zero-order valence-electron chi connectivity index (χ0n) is 14.8. The van der Waals surface area contributed by atoms with E-state index in [9.17, 15) is 4.79 Å². The first-order valence-corrected chi connectivity index (χ1v) is 9.22. The molecule has 0 atom stereocenters. The van der Waals surface area contributed by atoms with Gasteiger partial charge in [0.25, 0.3) is 0 Å². The molecule has 3 rings (SSSR count). The van der Waals surface area contributed by atoms with Gasteiger partial charge in [-0.3, -0.25) is 4.79 Å². The summed E-state index contributed by atoms with van der Waals surface area (Å²) < 4.78 is 10.8. The number of halogens is 2. The van der Waals surface area contributed by atoms with Crippen molar-refractivity contribution >= 4 is 29.1 Å². The molecule has 0 unspecified atom stereocenters. The minimum absolute atomic E-state index is 0.00683. The molecule has 0 aromatic heterocycles. The molecule has 26 heavy (non-hydrogen) atoms. The van der Waals surface area contributed by atoms with E-state index in [1.165, 1.54) is 0 Å². The Morgan fingerprint density at radius 3 is 2.38 bits per heavy atom. The minimum Gasteiger partial charge on any atom is -0.497 e. The SMILES string of the molecule is COc1ccc(OC)c(CN(C(=O)Cc2c(Cl)cccc2Cl)C2CC2)c1. The van der Waals surface area contributed by atoms with Crippen LogP contribution in [0.1, 0.15) is 24.0 Å². The maximum atomic E-state index is 13.0. The van der Waals surface area contributed by atoms with Crippen molar-refractivity contribution in [3.05, 3.63) is 57.6 Å². The predicted octanol–water partition coefficient (Wildman–Crippen LogP) is 4.74. The molecule has 2 aromatic rings. The Bertz CT molecular complexity index is 785. The number of methoxy groups -OCH3 is 2. The van der Waals surface area contributed by atoms with E-state index in [-0.39, 0.29) is 18.4 Å². The Kier molecular flexibility index (Phi) is 5.94. The molecule has 0 heterocycles. The fraction of sp³-hybridized carbons (Fsp3) is 0.350. The molecule has 6 heteroatoms. The first kappa shape index (κ1) is 18.9. The van der Waals surface area contributed by atoms with E-state index in [4.69, 9.17) is 32.7 Å². The van der Waals surface area contributed by atoms with E-state index in [1.54, 1.807) is 32.4 Å². The highest BCUT2D eigenvalue weighted by atomic mass is 35.5. The van der Waals surface area contributed by atoms with Crippen LogP contribution >= 0.6 is 23.2 Å². The van der Waals surface area contributed by atoms with Crippen molar-refractivity contribution < 1.29 is 14.3 Å². The van der Waals surface area contributed by atoms with E-state index < -0.39 is 0 Å². The van der Waals surface area contributed by atoms with Gasteiger partial charge in [0.05, 0.1) is 20.6 Å². The van der Waals surface area contributed by atoms with Gasteiger partial charge >= 0.3 is 0 Å². The first-order valence-electron chi connectivity index (χ1n) is 8.46. The van der Waals surface area contributed by atoms with Crippen LogP contribution < -0.4 is 9.47 Å². The smallest absolute Gasteiger partial charge is 0.227 e. The van der Waals surface area contributed by atoms with Gasteiger partial charge in [-0.2, -0.15) is 0 Å². The van der Waals surface area contributed by atoms with Crippen LogP contribution in [0.3, 0.4) is 0 Å². The lowest BCUT2D eigenvalue weighted by atomic mass is 10.1. The van der Waals surface area contributed by atoms with Gasteiger partial charge in [0, 0.05) is 28.2 Å². The summed E-state index contributed by atoms with van der Waals surface area (Å²) in [6.45, 7) is 0.464. The fourth-order valence-corrected chi connectivity index (χ4v) is 3.48. The van der Waals surface area contributed by atoms with Crippen molar-refractivity contribution in [2.75, 3.05) is 14.2 Å². The van der Waals surface area contributed by atoms with Crippen LogP contribution in [0.15, 0.2) is 36.4 Å². The lowest BCUT2D eigenvalue weighted by Gasteiger charge is -2.24. The molecular formula is C20H21Cl2NO3. The Morgan fingerprint density at radius 2 is 1.81 bits per heavy atom. The zero-order valence-corrected chi connectivity index (χ0v) is 16.3. The van der Waals surface area contributed by atoms with Gasteiger partial charge in [0.1, 0.15) is 11.5 Å². The van der Waals surface area contributed by atoms with Crippen LogP contribution in [0.2, 0.25) is 10.0 Å². The van der Waals surface area contributed by atoms with E-state index in [0.717, 1.165) is 29.9 Å². The maximum absolute atomic E-state index is 13.0. The largest absolute Gasteiger partial charge is 0.497 e. The number of benzene rings is 2. The third-order valence-electron chi connectivity index (χ3n) is 4.53. The number of nitrogens with zero attached hydrogens (tertiary/aromatic N) is 1. The third kappa shape index (κ3) is 4.25. The Balaban J connectivity index is 1.83. The maximum Gasteiger partial charge on any atom is 0.227 e. The highest BCUT2D eigenvalue weighted by molar-refractivity contribution is 6.36. The van der Waals surface area contributed by atoms with Crippen LogP contribution in [-0.4, -0.2) is 31.1 Å². The molecule has 0 saturated heterocycles.